The van der Waals surface area contributed by atoms with Crippen LogP contribution in [0.4, 0.5) is 41.3 Å². The summed E-state index contributed by atoms with van der Waals surface area (Å²) in [5.41, 5.74) is -2.85. The van der Waals surface area contributed by atoms with Crippen LogP contribution in [-0.4, -0.2) is 52.3 Å². The van der Waals surface area contributed by atoms with Gasteiger partial charge in [0.2, 0.25) is 0 Å². The number of fused-ring (bicyclic) bond motifs is 2. The van der Waals surface area contributed by atoms with E-state index in [4.69, 9.17) is 11.6 Å². The lowest BCUT2D eigenvalue weighted by atomic mass is 9.94. The lowest BCUT2D eigenvalue weighted by Crippen LogP contribution is -2.37. The van der Waals surface area contributed by atoms with E-state index in [2.05, 4.69) is 37.1 Å². The van der Waals surface area contributed by atoms with Crippen molar-refractivity contribution in [3.8, 4) is 23.0 Å². The van der Waals surface area contributed by atoms with Crippen molar-refractivity contribution in [2.45, 2.75) is 63.3 Å². The van der Waals surface area contributed by atoms with Gasteiger partial charge in [-0.2, -0.15) is 36.8 Å². The van der Waals surface area contributed by atoms with Gasteiger partial charge in [0.05, 0.1) is 27.7 Å². The second-order valence-electron chi connectivity index (χ2n) is 13.0. The molecule has 290 valence electrons. The van der Waals surface area contributed by atoms with Gasteiger partial charge in [0.25, 0.3) is 5.92 Å². The van der Waals surface area contributed by atoms with Gasteiger partial charge in [-0.25, -0.2) is 22.8 Å². The Morgan fingerprint density at radius 3 is 2.44 bits per heavy atom. The van der Waals surface area contributed by atoms with Crippen LogP contribution in [0.15, 0.2) is 42.5 Å². The zero-order valence-corrected chi connectivity index (χ0v) is 30.9. The van der Waals surface area contributed by atoms with E-state index in [-0.39, 0.29) is 44.5 Å². The van der Waals surface area contributed by atoms with Crippen LogP contribution in [-0.2, 0) is 36.6 Å². The van der Waals surface area contributed by atoms with Crippen molar-refractivity contribution in [1.29, 1.82) is 0 Å². The van der Waals surface area contributed by atoms with Crippen molar-refractivity contribution in [2.75, 3.05) is 11.0 Å². The monoisotopic (exact) mass is 809 g/mol. The predicted octanol–water partition coefficient (Wildman–Crippen LogP) is 7.75. The molecule has 3 aromatic heterocycles. The fraction of sp³-hybridized carbons (Fsp3) is 0.333. The lowest BCUT2D eigenvalue weighted by molar-refractivity contribution is -0.142. The highest BCUT2D eigenvalue weighted by atomic mass is 35.5. The van der Waals surface area contributed by atoms with E-state index in [1.807, 2.05) is 0 Å². The predicted molar refractivity (Wildman–Crippen MR) is 191 cm³/mol. The summed E-state index contributed by atoms with van der Waals surface area (Å²) in [6.45, 7) is 2.85. The number of hydrogen-bond acceptors (Lipinski definition) is 6. The third-order valence-corrected chi connectivity index (χ3v) is 9.72. The standard InChI is InChI=1S/C36H31ClF7N7O3S/c1-5-22(52)8-6-21-7-9-23(24-10-11-25(37)28-30(24)50(3)48-33(28)49-55(4)54)29(45-21)26(14-18-12-19(38)15-20(39)13-18)46-34(53)51-32-27(17(2)16-35(32,40)41)31(47-51)36(42,43)44/h7,9-13,15,17,22,26,52H,5,14,16H2,1-4H3,(H,46,53)(H,48,49)/t17-,22?,26?,55?/m0/s1. The smallest absolute Gasteiger partial charge is 0.380 e. The number of aromatic nitrogens is 5. The minimum Gasteiger partial charge on any atom is -0.380 e. The lowest BCUT2D eigenvalue weighted by Gasteiger charge is -2.23. The molecule has 4 atom stereocenters. The number of aliphatic hydroxyl groups excluding tert-OH is 1. The molecule has 0 bridgehead atoms. The van der Waals surface area contributed by atoms with Crippen molar-refractivity contribution < 1.29 is 44.8 Å². The molecular weight excluding hydrogens is 779 g/mol. The van der Waals surface area contributed by atoms with Gasteiger partial charge in [-0.15, -0.1) is 0 Å². The molecule has 19 heteroatoms. The zero-order chi connectivity index (χ0) is 40.1. The number of anilines is 1. The van der Waals surface area contributed by atoms with E-state index in [1.54, 1.807) is 20.0 Å². The largest absolute Gasteiger partial charge is 0.435 e. The molecule has 0 radical (unpaired) electrons. The number of hydrogen-bond donors (Lipinski definition) is 3. The topological polar surface area (TPSA) is 127 Å². The average Bonchev–Trinajstić information content (AvgIpc) is 3.73. The molecule has 3 unspecified atom stereocenters. The molecule has 3 heterocycles. The van der Waals surface area contributed by atoms with Crippen LogP contribution in [0.3, 0.4) is 0 Å². The molecule has 10 nitrogen and oxygen atoms in total. The molecule has 0 spiro atoms. The van der Waals surface area contributed by atoms with Crippen molar-refractivity contribution >= 4 is 45.3 Å². The van der Waals surface area contributed by atoms with Crippen molar-refractivity contribution in [2.24, 2.45) is 7.05 Å². The van der Waals surface area contributed by atoms with Gasteiger partial charge in [-0.05, 0) is 60.6 Å². The summed E-state index contributed by atoms with van der Waals surface area (Å²) >= 11 is 6.59. The molecule has 3 N–H and O–H groups in total. The van der Waals surface area contributed by atoms with Crippen molar-refractivity contribution in [3.05, 3.63) is 93.0 Å². The molecule has 1 amide bonds. The van der Waals surface area contributed by atoms with Crippen molar-refractivity contribution in [1.82, 2.24) is 29.9 Å². The van der Waals surface area contributed by atoms with Gasteiger partial charge >= 0.3 is 12.2 Å². The molecule has 0 saturated heterocycles. The highest BCUT2D eigenvalue weighted by molar-refractivity contribution is 7.85. The number of amides is 1. The van der Waals surface area contributed by atoms with Crippen LogP contribution < -0.4 is 10.0 Å². The number of pyridine rings is 1. The first-order valence-electron chi connectivity index (χ1n) is 16.6. The minimum atomic E-state index is -5.19. The molecular formula is C36H31ClF7N7O3S. The zero-order valence-electron chi connectivity index (χ0n) is 29.3. The number of nitrogens with one attached hydrogen (secondary N) is 2. The van der Waals surface area contributed by atoms with Gasteiger partial charge in [-0.3, -0.25) is 9.40 Å². The van der Waals surface area contributed by atoms with Crippen LogP contribution in [0, 0.1) is 23.5 Å². The highest BCUT2D eigenvalue weighted by Crippen LogP contribution is 2.52. The van der Waals surface area contributed by atoms with E-state index < -0.39 is 88.6 Å². The van der Waals surface area contributed by atoms with Crippen LogP contribution in [0.1, 0.15) is 72.6 Å². The molecule has 0 fully saturated rings. The molecule has 1 aliphatic rings. The van der Waals surface area contributed by atoms with Gasteiger partial charge in [0.1, 0.15) is 40.1 Å². The maximum atomic E-state index is 15.3. The normalized spacial score (nSPS) is 16.6. The summed E-state index contributed by atoms with van der Waals surface area (Å²) in [4.78, 5) is 18.7. The van der Waals surface area contributed by atoms with E-state index >= 15 is 8.78 Å². The summed E-state index contributed by atoms with van der Waals surface area (Å²) in [6, 6.07) is 5.58. The van der Waals surface area contributed by atoms with Crippen LogP contribution >= 0.6 is 11.6 Å². The van der Waals surface area contributed by atoms with Crippen LogP contribution in [0.5, 0.6) is 0 Å². The number of aliphatic hydroxyl groups is 1. The number of nitrogens with zero attached hydrogens (tertiary/aromatic N) is 5. The van der Waals surface area contributed by atoms with Gasteiger partial charge in [-0.1, -0.05) is 37.4 Å². The number of carbonyl (C=O) groups is 1. The summed E-state index contributed by atoms with van der Waals surface area (Å²) in [5.74, 6) is -1.66. The van der Waals surface area contributed by atoms with E-state index in [9.17, 15) is 36.1 Å². The van der Waals surface area contributed by atoms with Crippen LogP contribution in [0.25, 0.3) is 22.0 Å². The van der Waals surface area contributed by atoms with E-state index in [0.717, 1.165) is 12.1 Å². The molecule has 5 aromatic rings. The van der Waals surface area contributed by atoms with E-state index in [1.165, 1.54) is 36.1 Å². The fourth-order valence-electron chi connectivity index (χ4n) is 6.68. The third kappa shape index (κ3) is 7.91. The quantitative estimate of drug-likeness (QED) is 0.109. The Morgan fingerprint density at radius 2 is 1.80 bits per heavy atom. The van der Waals surface area contributed by atoms with Crippen molar-refractivity contribution in [3.63, 3.8) is 0 Å². The maximum Gasteiger partial charge on any atom is 0.435 e. The number of aryl methyl sites for hydroxylation is 1. The molecule has 0 aliphatic heterocycles. The Balaban J connectivity index is 1.60. The van der Waals surface area contributed by atoms with Gasteiger partial charge in [0.15, 0.2) is 11.5 Å². The Hall–Kier alpha value is -4.99. The summed E-state index contributed by atoms with van der Waals surface area (Å²) in [5, 5.41) is 20.9. The Labute approximate surface area is 316 Å². The first kappa shape index (κ1) is 39.7. The minimum absolute atomic E-state index is 0.0216. The Morgan fingerprint density at radius 1 is 1.13 bits per heavy atom. The second-order valence-corrected chi connectivity index (χ2v) is 14.5. The summed E-state index contributed by atoms with van der Waals surface area (Å²) in [7, 11) is -0.0107. The first-order valence-corrected chi connectivity index (χ1v) is 18.5. The van der Waals surface area contributed by atoms with E-state index in [0.29, 0.717) is 22.5 Å². The number of carbonyl (C=O) groups excluding carboxylic acids is 1. The molecule has 1 aliphatic carbocycles. The Bertz CT molecular complexity index is 2400. The third-order valence-electron chi connectivity index (χ3n) is 8.92. The number of benzene rings is 2. The number of halogens is 8. The maximum absolute atomic E-state index is 15.3. The molecule has 2 aromatic carbocycles. The SMILES string of the molecule is CCC(O)C#Cc1ccc(-c2ccc(Cl)c3c(NS(C)=O)nn(C)c23)c(C(Cc2cc(F)cc(F)c2)NC(=O)n2nc(C(F)(F)F)c3c2C(F)(F)C[C@@H]3C)n1. The average molecular weight is 810 g/mol. The fourth-order valence-corrected chi connectivity index (χ4v) is 7.34. The first-order chi connectivity index (χ1) is 25.8. The number of rotatable bonds is 8. The van der Waals surface area contributed by atoms with Crippen LogP contribution in [0.2, 0.25) is 5.02 Å². The molecule has 6 rings (SSSR count). The number of alkyl halides is 5. The molecule has 0 saturated carbocycles. The second kappa shape index (κ2) is 14.9. The van der Waals surface area contributed by atoms with Gasteiger partial charge in [0, 0.05) is 42.5 Å². The molecule has 55 heavy (non-hydrogen) atoms. The van der Waals surface area contributed by atoms with Gasteiger partial charge < -0.3 is 10.4 Å². The summed E-state index contributed by atoms with van der Waals surface area (Å²) < 4.78 is 118. The summed E-state index contributed by atoms with van der Waals surface area (Å²) in [6.07, 6.45) is -6.07. The highest BCUT2D eigenvalue weighted by Gasteiger charge is 2.54. The Kier molecular flexibility index (Phi) is 10.8.